The molecule has 2 aromatic carbocycles. The lowest BCUT2D eigenvalue weighted by atomic mass is 10.1. The van der Waals surface area contributed by atoms with Crippen LogP contribution in [-0.4, -0.2) is 63.4 Å². The molecule has 0 radical (unpaired) electrons. The lowest BCUT2D eigenvalue weighted by molar-refractivity contribution is 0.00644. The molecule has 1 amide bonds. The monoisotopic (exact) mass is 498 g/mol. The second-order valence-corrected chi connectivity index (χ2v) is 15.6. The molecule has 2 atom stereocenters. The predicted molar refractivity (Wildman–Crippen MR) is 144 cm³/mol. The third-order valence-corrected chi connectivity index (χ3v) is 11.5. The summed E-state index contributed by atoms with van der Waals surface area (Å²) >= 11 is 0. The standard InChI is InChI=1S/C28H42N2O4Si/c1-27(2,3)34-26(31)30-18-17-24(29)25(30)21-32-19-20-33-35(28(4,5)6,22-13-9-7-10-14-22)23-15-11-8-12-16-23/h7-16,24-25H,17-21,29H2,1-6H3/t24-,25+/m0/s1. The van der Waals surface area contributed by atoms with Gasteiger partial charge in [0.25, 0.3) is 8.32 Å². The van der Waals surface area contributed by atoms with Crippen LogP contribution in [0.3, 0.4) is 0 Å². The molecule has 192 valence electrons. The van der Waals surface area contributed by atoms with E-state index in [9.17, 15) is 4.79 Å². The van der Waals surface area contributed by atoms with Gasteiger partial charge in [0.05, 0.1) is 25.9 Å². The summed E-state index contributed by atoms with van der Waals surface area (Å²) < 4.78 is 18.5. The highest BCUT2D eigenvalue weighted by Gasteiger charge is 2.50. The SMILES string of the molecule is CC(C)(C)OC(=O)N1CC[C@H](N)[C@H]1COCCO[Si](c1ccccc1)(c1ccccc1)C(C)(C)C. The van der Waals surface area contributed by atoms with Crippen molar-refractivity contribution in [2.24, 2.45) is 5.73 Å². The normalized spacial score (nSPS) is 19.1. The van der Waals surface area contributed by atoms with E-state index < -0.39 is 13.9 Å². The minimum Gasteiger partial charge on any atom is -0.444 e. The second-order valence-electron chi connectivity index (χ2n) is 11.3. The van der Waals surface area contributed by atoms with Crippen LogP contribution in [0.1, 0.15) is 48.0 Å². The number of ether oxygens (including phenoxy) is 2. The number of rotatable bonds is 8. The van der Waals surface area contributed by atoms with Gasteiger partial charge >= 0.3 is 6.09 Å². The van der Waals surface area contributed by atoms with Gasteiger partial charge in [0, 0.05) is 12.6 Å². The number of hydrogen-bond donors (Lipinski definition) is 1. The fraction of sp³-hybridized carbons (Fsp3) is 0.536. The Kier molecular flexibility index (Phi) is 8.80. The summed E-state index contributed by atoms with van der Waals surface area (Å²) in [6.45, 7) is 14.2. The maximum atomic E-state index is 12.6. The van der Waals surface area contributed by atoms with E-state index in [0.717, 1.165) is 6.42 Å². The highest BCUT2D eigenvalue weighted by molar-refractivity contribution is 6.99. The third-order valence-electron chi connectivity index (χ3n) is 6.48. The van der Waals surface area contributed by atoms with Crippen molar-refractivity contribution in [2.75, 3.05) is 26.4 Å². The predicted octanol–water partition coefficient (Wildman–Crippen LogP) is 3.92. The van der Waals surface area contributed by atoms with Crippen molar-refractivity contribution in [1.29, 1.82) is 0 Å². The summed E-state index contributed by atoms with van der Waals surface area (Å²) in [5, 5.41) is 2.40. The van der Waals surface area contributed by atoms with Crippen LogP contribution in [0.5, 0.6) is 0 Å². The van der Waals surface area contributed by atoms with E-state index >= 15 is 0 Å². The molecule has 1 aliphatic heterocycles. The van der Waals surface area contributed by atoms with E-state index in [-0.39, 0.29) is 23.2 Å². The fourth-order valence-corrected chi connectivity index (χ4v) is 9.40. The van der Waals surface area contributed by atoms with Gasteiger partial charge in [-0.1, -0.05) is 81.4 Å². The molecule has 2 aromatic rings. The lowest BCUT2D eigenvalue weighted by Crippen LogP contribution is -2.66. The molecule has 0 aliphatic carbocycles. The van der Waals surface area contributed by atoms with Crippen LogP contribution in [0, 0.1) is 0 Å². The molecule has 0 saturated carbocycles. The Hall–Kier alpha value is -2.19. The summed E-state index contributed by atoms with van der Waals surface area (Å²) in [7, 11) is -2.59. The van der Waals surface area contributed by atoms with Gasteiger partial charge in [-0.3, -0.25) is 0 Å². The Morgan fingerprint density at radius 1 is 0.943 bits per heavy atom. The molecule has 0 unspecified atom stereocenters. The maximum absolute atomic E-state index is 12.6. The Morgan fingerprint density at radius 3 is 1.97 bits per heavy atom. The van der Waals surface area contributed by atoms with Crippen LogP contribution in [0.15, 0.2) is 60.7 Å². The largest absolute Gasteiger partial charge is 0.444 e. The summed E-state index contributed by atoms with van der Waals surface area (Å²) in [6.07, 6.45) is 0.411. The highest BCUT2D eigenvalue weighted by Crippen LogP contribution is 2.36. The summed E-state index contributed by atoms with van der Waals surface area (Å²) in [5.74, 6) is 0. The molecule has 1 fully saturated rings. The highest BCUT2D eigenvalue weighted by atomic mass is 28.4. The fourth-order valence-electron chi connectivity index (χ4n) is 4.86. The van der Waals surface area contributed by atoms with Gasteiger partial charge in [0.15, 0.2) is 0 Å². The third kappa shape index (κ3) is 6.53. The smallest absolute Gasteiger partial charge is 0.410 e. The van der Waals surface area contributed by atoms with Gasteiger partial charge in [-0.15, -0.1) is 0 Å². The Balaban J connectivity index is 1.69. The number of nitrogens with zero attached hydrogens (tertiary/aromatic N) is 1. The van der Waals surface area contributed by atoms with Crippen LogP contribution in [-0.2, 0) is 13.9 Å². The molecule has 1 heterocycles. The second kappa shape index (κ2) is 11.2. The number of carbonyl (C=O) groups is 1. The van der Waals surface area contributed by atoms with Gasteiger partial charge in [0.1, 0.15) is 5.60 Å². The number of nitrogens with two attached hydrogens (primary N) is 1. The van der Waals surface area contributed by atoms with Gasteiger partial charge in [-0.05, 0) is 42.6 Å². The molecular weight excluding hydrogens is 456 g/mol. The minimum absolute atomic E-state index is 0.0863. The number of amides is 1. The van der Waals surface area contributed by atoms with Crippen LogP contribution >= 0.6 is 0 Å². The van der Waals surface area contributed by atoms with Crippen LogP contribution < -0.4 is 16.1 Å². The quantitative estimate of drug-likeness (QED) is 0.441. The topological polar surface area (TPSA) is 74.0 Å². The van der Waals surface area contributed by atoms with Gasteiger partial charge in [-0.2, -0.15) is 0 Å². The average Bonchev–Trinajstić information content (AvgIpc) is 3.16. The Morgan fingerprint density at radius 2 is 1.49 bits per heavy atom. The molecule has 1 aliphatic rings. The van der Waals surface area contributed by atoms with E-state index in [4.69, 9.17) is 19.6 Å². The first-order valence-electron chi connectivity index (χ1n) is 12.5. The molecule has 0 aromatic heterocycles. The molecule has 1 saturated heterocycles. The Labute approximate surface area is 211 Å². The molecule has 0 bridgehead atoms. The number of benzene rings is 2. The van der Waals surface area contributed by atoms with Crippen molar-refractivity contribution in [1.82, 2.24) is 4.90 Å². The minimum atomic E-state index is -2.59. The summed E-state index contributed by atoms with van der Waals surface area (Å²) in [5.41, 5.74) is 5.77. The first-order valence-corrected chi connectivity index (χ1v) is 14.4. The zero-order chi connectivity index (χ0) is 25.7. The van der Waals surface area contributed by atoms with E-state index in [1.165, 1.54) is 10.4 Å². The first-order chi connectivity index (χ1) is 16.5. The molecule has 2 N–H and O–H groups in total. The van der Waals surface area contributed by atoms with E-state index in [1.807, 2.05) is 32.9 Å². The maximum Gasteiger partial charge on any atom is 0.410 e. The summed E-state index contributed by atoms with van der Waals surface area (Å²) in [6, 6.07) is 20.8. The average molecular weight is 499 g/mol. The van der Waals surface area contributed by atoms with Crippen molar-refractivity contribution in [3.63, 3.8) is 0 Å². The Bertz CT molecular complexity index is 901. The lowest BCUT2D eigenvalue weighted by Gasteiger charge is -2.43. The van der Waals surface area contributed by atoms with E-state index in [1.54, 1.807) is 4.90 Å². The zero-order valence-electron chi connectivity index (χ0n) is 22.1. The molecule has 3 rings (SSSR count). The van der Waals surface area contributed by atoms with Crippen molar-refractivity contribution in [3.05, 3.63) is 60.7 Å². The molecule has 6 nitrogen and oxygen atoms in total. The van der Waals surface area contributed by atoms with Crippen LogP contribution in [0.25, 0.3) is 0 Å². The van der Waals surface area contributed by atoms with Crippen molar-refractivity contribution < 1.29 is 18.7 Å². The zero-order valence-corrected chi connectivity index (χ0v) is 23.1. The molecule has 7 heteroatoms. The van der Waals surface area contributed by atoms with E-state index in [0.29, 0.717) is 26.4 Å². The summed E-state index contributed by atoms with van der Waals surface area (Å²) in [4.78, 5) is 14.3. The van der Waals surface area contributed by atoms with Gasteiger partial charge in [-0.25, -0.2) is 4.79 Å². The van der Waals surface area contributed by atoms with Gasteiger partial charge in [0.2, 0.25) is 0 Å². The number of likely N-dealkylation sites (tertiary alicyclic amines) is 1. The van der Waals surface area contributed by atoms with Crippen molar-refractivity contribution >= 4 is 24.8 Å². The van der Waals surface area contributed by atoms with Crippen LogP contribution in [0.2, 0.25) is 5.04 Å². The van der Waals surface area contributed by atoms with Crippen molar-refractivity contribution in [3.8, 4) is 0 Å². The molecular formula is C28H42N2O4Si. The van der Waals surface area contributed by atoms with Crippen LogP contribution in [0.4, 0.5) is 4.79 Å². The first kappa shape index (κ1) is 27.4. The van der Waals surface area contributed by atoms with E-state index in [2.05, 4.69) is 69.3 Å². The number of carbonyl (C=O) groups excluding carboxylic acids is 1. The number of hydrogen-bond acceptors (Lipinski definition) is 5. The van der Waals surface area contributed by atoms with Crippen molar-refractivity contribution in [2.45, 2.75) is 70.7 Å². The van der Waals surface area contributed by atoms with Gasteiger partial charge < -0.3 is 24.5 Å². The molecule has 35 heavy (non-hydrogen) atoms. The molecule has 0 spiro atoms.